The van der Waals surface area contributed by atoms with Crippen LogP contribution >= 0.6 is 0 Å². The first-order valence-electron chi connectivity index (χ1n) is 9.02. The van der Waals surface area contributed by atoms with Gasteiger partial charge in [-0.25, -0.2) is 9.97 Å². The number of anilines is 1. The molecule has 1 saturated heterocycles. The summed E-state index contributed by atoms with van der Waals surface area (Å²) >= 11 is 0. The third-order valence-corrected chi connectivity index (χ3v) is 4.66. The molecule has 3 rings (SSSR count). The van der Waals surface area contributed by atoms with Gasteiger partial charge in [0.25, 0.3) is 0 Å². The van der Waals surface area contributed by atoms with Crippen molar-refractivity contribution in [1.29, 1.82) is 5.26 Å². The Morgan fingerprint density at radius 3 is 2.56 bits per heavy atom. The van der Waals surface area contributed by atoms with Gasteiger partial charge in [-0.15, -0.1) is 0 Å². The van der Waals surface area contributed by atoms with Gasteiger partial charge in [0.05, 0.1) is 56.9 Å². The molecule has 0 bridgehead atoms. The lowest BCUT2D eigenvalue weighted by molar-refractivity contribution is -0.880. The van der Waals surface area contributed by atoms with Gasteiger partial charge < -0.3 is 19.3 Å². The SMILES string of the molecule is COCCOC(=O)[C@@H](C#N)c1nc2ccccc2nc1N1CC[NH+](C)CC1. The minimum absolute atomic E-state index is 0.0989. The van der Waals surface area contributed by atoms with Crippen molar-refractivity contribution in [2.45, 2.75) is 5.92 Å². The van der Waals surface area contributed by atoms with Crippen LogP contribution in [0.25, 0.3) is 11.0 Å². The van der Waals surface area contributed by atoms with Crippen molar-refractivity contribution >= 4 is 22.8 Å². The number of aromatic nitrogens is 2. The Bertz CT molecular complexity index is 843. The summed E-state index contributed by atoms with van der Waals surface area (Å²) in [4.78, 5) is 25.4. The Labute approximate surface area is 158 Å². The summed E-state index contributed by atoms with van der Waals surface area (Å²) in [6, 6.07) is 9.52. The van der Waals surface area contributed by atoms with Gasteiger partial charge in [-0.05, 0) is 12.1 Å². The molecule has 1 N–H and O–H groups in total. The van der Waals surface area contributed by atoms with Crippen LogP contribution in [0.2, 0.25) is 0 Å². The molecule has 0 radical (unpaired) electrons. The number of ether oxygens (including phenoxy) is 2. The highest BCUT2D eigenvalue weighted by Crippen LogP contribution is 2.28. The van der Waals surface area contributed by atoms with Crippen molar-refractivity contribution in [3.8, 4) is 6.07 Å². The molecule has 8 heteroatoms. The van der Waals surface area contributed by atoms with Crippen LogP contribution in [0.1, 0.15) is 11.6 Å². The average Bonchev–Trinajstić information content (AvgIpc) is 2.69. The second-order valence-corrected chi connectivity index (χ2v) is 6.59. The molecule has 0 spiro atoms. The molecule has 1 aliphatic rings. The molecular weight excluding hydrogens is 346 g/mol. The second kappa shape index (κ2) is 8.75. The van der Waals surface area contributed by atoms with Gasteiger partial charge in [0.15, 0.2) is 11.7 Å². The van der Waals surface area contributed by atoms with E-state index in [1.807, 2.05) is 30.3 Å². The number of piperazine rings is 1. The lowest BCUT2D eigenvalue weighted by atomic mass is 10.1. The summed E-state index contributed by atoms with van der Waals surface area (Å²) in [5.41, 5.74) is 1.76. The maximum Gasteiger partial charge on any atom is 0.329 e. The van der Waals surface area contributed by atoms with Crippen LogP contribution < -0.4 is 9.80 Å². The minimum Gasteiger partial charge on any atom is -0.462 e. The topological polar surface area (TPSA) is 92.8 Å². The zero-order valence-corrected chi connectivity index (χ0v) is 15.6. The zero-order valence-electron chi connectivity index (χ0n) is 15.6. The summed E-state index contributed by atoms with van der Waals surface area (Å²) in [6.45, 7) is 3.89. The van der Waals surface area contributed by atoms with Crippen molar-refractivity contribution in [2.24, 2.45) is 0 Å². The predicted octanol–water partition coefficient (Wildman–Crippen LogP) is -0.239. The number of rotatable bonds is 6. The van der Waals surface area contributed by atoms with Gasteiger partial charge in [0.2, 0.25) is 0 Å². The number of carbonyl (C=O) groups excluding carboxylic acids is 1. The summed E-state index contributed by atoms with van der Waals surface area (Å²) in [5.74, 6) is -1.16. The Kier molecular flexibility index (Phi) is 6.16. The molecule has 1 fully saturated rings. The molecule has 0 unspecified atom stereocenters. The van der Waals surface area contributed by atoms with Crippen LogP contribution in [0.5, 0.6) is 0 Å². The van der Waals surface area contributed by atoms with Crippen molar-refractivity contribution in [1.82, 2.24) is 9.97 Å². The lowest BCUT2D eigenvalue weighted by Gasteiger charge is -2.32. The number of hydrogen-bond acceptors (Lipinski definition) is 7. The van der Waals surface area contributed by atoms with E-state index in [0.717, 1.165) is 31.7 Å². The Morgan fingerprint density at radius 1 is 1.26 bits per heavy atom. The van der Waals surface area contributed by atoms with Gasteiger partial charge in [0, 0.05) is 7.11 Å². The average molecular weight is 370 g/mol. The Balaban J connectivity index is 1.99. The molecule has 1 aliphatic heterocycles. The number of benzene rings is 1. The molecule has 1 aromatic heterocycles. The van der Waals surface area contributed by atoms with Crippen LogP contribution in [-0.2, 0) is 14.3 Å². The van der Waals surface area contributed by atoms with Gasteiger partial charge in [0.1, 0.15) is 12.3 Å². The molecule has 0 amide bonds. The number of esters is 1. The smallest absolute Gasteiger partial charge is 0.329 e. The number of quaternary nitrogens is 1. The monoisotopic (exact) mass is 370 g/mol. The highest BCUT2D eigenvalue weighted by molar-refractivity contribution is 5.85. The van der Waals surface area contributed by atoms with Crippen molar-refractivity contribution < 1.29 is 19.2 Å². The third kappa shape index (κ3) is 4.32. The maximum atomic E-state index is 12.5. The fraction of sp³-hybridized carbons (Fsp3) is 0.474. The van der Waals surface area contributed by atoms with Gasteiger partial charge in [-0.3, -0.25) is 4.79 Å². The second-order valence-electron chi connectivity index (χ2n) is 6.59. The quantitative estimate of drug-likeness (QED) is 0.554. The van der Waals surface area contributed by atoms with E-state index in [0.29, 0.717) is 17.0 Å². The van der Waals surface area contributed by atoms with Gasteiger partial charge in [-0.1, -0.05) is 12.1 Å². The summed E-state index contributed by atoms with van der Waals surface area (Å²) in [7, 11) is 3.67. The van der Waals surface area contributed by atoms with E-state index >= 15 is 0 Å². The third-order valence-electron chi connectivity index (χ3n) is 4.66. The fourth-order valence-electron chi connectivity index (χ4n) is 3.07. The van der Waals surface area contributed by atoms with Gasteiger partial charge >= 0.3 is 5.97 Å². The van der Waals surface area contributed by atoms with E-state index in [2.05, 4.69) is 16.9 Å². The Hall–Kier alpha value is -2.76. The largest absolute Gasteiger partial charge is 0.462 e. The molecule has 1 aromatic carbocycles. The molecular formula is C19H24N5O3+. The normalized spacial score (nSPS) is 16.1. The van der Waals surface area contributed by atoms with Gasteiger partial charge in [-0.2, -0.15) is 5.26 Å². The summed E-state index contributed by atoms with van der Waals surface area (Å²) in [5, 5.41) is 9.67. The first-order valence-corrected chi connectivity index (χ1v) is 9.02. The molecule has 27 heavy (non-hydrogen) atoms. The highest BCUT2D eigenvalue weighted by atomic mass is 16.6. The number of nitriles is 1. The minimum atomic E-state index is -1.12. The maximum absolute atomic E-state index is 12.5. The zero-order chi connectivity index (χ0) is 19.2. The number of nitrogens with one attached hydrogen (secondary N) is 1. The number of likely N-dealkylation sites (N-methyl/N-ethyl adjacent to an activating group) is 1. The van der Waals surface area contributed by atoms with Crippen LogP contribution in [0.15, 0.2) is 24.3 Å². The van der Waals surface area contributed by atoms with E-state index in [1.54, 1.807) is 0 Å². The van der Waals surface area contributed by atoms with E-state index in [9.17, 15) is 10.1 Å². The first kappa shape index (κ1) is 19.0. The number of carbonyl (C=O) groups is 1. The number of para-hydroxylation sites is 2. The number of fused-ring (bicyclic) bond motifs is 1. The molecule has 2 heterocycles. The van der Waals surface area contributed by atoms with E-state index < -0.39 is 11.9 Å². The fourth-order valence-corrected chi connectivity index (χ4v) is 3.07. The molecule has 1 atom stereocenters. The van der Waals surface area contributed by atoms with E-state index in [-0.39, 0.29) is 13.2 Å². The van der Waals surface area contributed by atoms with Crippen LogP contribution in [-0.4, -0.2) is 69.5 Å². The summed E-state index contributed by atoms with van der Waals surface area (Å²) < 4.78 is 10.1. The standard InChI is InChI=1S/C19H23N5O3/c1-23-7-9-24(10-8-23)18-17(14(13-20)19(25)27-12-11-26-2)21-15-5-3-4-6-16(15)22-18/h3-6,14H,7-12H2,1-2H3/p+1/t14-/m0/s1. The number of methoxy groups -OCH3 is 1. The van der Waals surface area contributed by atoms with Crippen molar-refractivity contribution in [3.63, 3.8) is 0 Å². The molecule has 2 aromatic rings. The predicted molar refractivity (Wildman–Crippen MR) is 99.6 cm³/mol. The van der Waals surface area contributed by atoms with Crippen LogP contribution in [0, 0.1) is 11.3 Å². The molecule has 8 nitrogen and oxygen atoms in total. The van der Waals surface area contributed by atoms with Crippen LogP contribution in [0.4, 0.5) is 5.82 Å². The van der Waals surface area contributed by atoms with E-state index in [4.69, 9.17) is 14.5 Å². The van der Waals surface area contributed by atoms with Crippen molar-refractivity contribution in [2.75, 3.05) is 58.5 Å². The van der Waals surface area contributed by atoms with Crippen molar-refractivity contribution in [3.05, 3.63) is 30.0 Å². The van der Waals surface area contributed by atoms with E-state index in [1.165, 1.54) is 12.0 Å². The lowest BCUT2D eigenvalue weighted by Crippen LogP contribution is -3.12. The molecule has 142 valence electrons. The van der Waals surface area contributed by atoms with Crippen LogP contribution in [0.3, 0.4) is 0 Å². The molecule has 0 aliphatic carbocycles. The number of hydrogen-bond donors (Lipinski definition) is 1. The number of nitrogens with zero attached hydrogens (tertiary/aromatic N) is 4. The summed E-state index contributed by atoms with van der Waals surface area (Å²) in [6.07, 6.45) is 0. The Morgan fingerprint density at radius 2 is 1.93 bits per heavy atom. The highest BCUT2D eigenvalue weighted by Gasteiger charge is 2.31. The molecule has 0 saturated carbocycles. The first-order chi connectivity index (χ1) is 13.1.